The Kier molecular flexibility index (Phi) is 23.3. The third-order valence-corrected chi connectivity index (χ3v) is 17.5. The molecule has 0 radical (unpaired) electrons. The number of methoxy groups -OCH3 is 3. The van der Waals surface area contributed by atoms with E-state index in [0.29, 0.717) is 33.8 Å². The molecule has 5 heterocycles. The summed E-state index contributed by atoms with van der Waals surface area (Å²) in [6, 6.07) is 84.2. The number of rotatable bonds is 14. The maximum absolute atomic E-state index is 13.0. The summed E-state index contributed by atoms with van der Waals surface area (Å²) in [5, 5.41) is 13.3. The van der Waals surface area contributed by atoms with Crippen molar-refractivity contribution in [3.63, 3.8) is 0 Å². The maximum atomic E-state index is 13.0. The van der Waals surface area contributed by atoms with Gasteiger partial charge in [-0.25, -0.2) is 14.3 Å². The summed E-state index contributed by atoms with van der Waals surface area (Å²) in [7, 11) is 4.57. The Hall–Kier alpha value is -12.3. The highest BCUT2D eigenvalue weighted by molar-refractivity contribution is 6.07. The molecular weight excluding hydrogens is 1300 g/mol. The molecule has 0 saturated heterocycles. The first-order valence-corrected chi connectivity index (χ1v) is 34.5. The average molecular weight is 1390 g/mol. The number of para-hydroxylation sites is 4. The lowest BCUT2D eigenvalue weighted by Gasteiger charge is -2.22. The van der Waals surface area contributed by atoms with E-state index in [4.69, 9.17) is 14.2 Å². The number of esters is 1. The molecule has 0 unspecified atom stereocenters. The lowest BCUT2D eigenvalue weighted by molar-refractivity contribution is 0.0593. The summed E-state index contributed by atoms with van der Waals surface area (Å²) in [5.41, 5.74) is 17.9. The molecule has 3 amide bonds. The smallest absolute Gasteiger partial charge is 0.358 e. The van der Waals surface area contributed by atoms with Crippen molar-refractivity contribution < 1.29 is 33.4 Å². The standard InChI is InChI=1S/2C23H26N2O2.C22H24N2O.C20H15N3O2/c1-16-20(22(26)24-17-10-9-13-19(14-17)27-5)15-21(23(2,3)4)25(16)18-11-7-6-8-12-18;1-16-20(22(26)24-17-11-13-19(27-5)14-12-17)15-21(23(2,3)4)25(16)18-9-7-6-8-10-18;1-16-19(21(25)23-17-11-7-5-8-12-17)15-20(22(2,3)4)24(16)18-13-9-6-10-14-18;1-25-20(24)17-13-19-21-16(14-8-4-2-5-9-14)12-18(23(19)22-17)15-10-6-3-7-11-15/h2*6-15H,1-5H3,(H,24,26);5-15H,1-4H3,(H,23,25);2-13H,1H3. The van der Waals surface area contributed by atoms with Crippen LogP contribution in [0, 0.1) is 20.8 Å². The Morgan fingerprint density at radius 3 is 1.11 bits per heavy atom. The van der Waals surface area contributed by atoms with E-state index in [1.807, 2.05) is 239 Å². The van der Waals surface area contributed by atoms with E-state index in [2.05, 4.69) is 138 Å². The van der Waals surface area contributed by atoms with Crippen molar-refractivity contribution in [2.75, 3.05) is 37.3 Å². The number of amides is 3. The molecule has 0 spiro atoms. The number of fused-ring (bicyclic) bond motifs is 1. The van der Waals surface area contributed by atoms with E-state index in [1.165, 1.54) is 7.11 Å². The summed E-state index contributed by atoms with van der Waals surface area (Å²) < 4.78 is 23.4. The van der Waals surface area contributed by atoms with Crippen LogP contribution in [-0.2, 0) is 21.0 Å². The van der Waals surface area contributed by atoms with E-state index in [1.54, 1.807) is 24.8 Å². The van der Waals surface area contributed by atoms with Gasteiger partial charge in [0.1, 0.15) is 11.5 Å². The van der Waals surface area contributed by atoms with Crippen LogP contribution in [0.5, 0.6) is 11.5 Å². The van der Waals surface area contributed by atoms with Crippen LogP contribution in [0.2, 0.25) is 0 Å². The number of hydrogen-bond donors (Lipinski definition) is 3. The molecule has 104 heavy (non-hydrogen) atoms. The van der Waals surface area contributed by atoms with Crippen LogP contribution in [0.1, 0.15) is 138 Å². The topological polar surface area (TPSA) is 177 Å². The van der Waals surface area contributed by atoms with E-state index in [9.17, 15) is 19.2 Å². The molecular formula is C88H91N9O7. The van der Waals surface area contributed by atoms with Gasteiger partial charge in [-0.1, -0.05) is 202 Å². The summed E-state index contributed by atoms with van der Waals surface area (Å²) >= 11 is 0. The molecule has 0 fully saturated rings. The second-order valence-electron chi connectivity index (χ2n) is 28.1. The fourth-order valence-electron chi connectivity index (χ4n) is 12.1. The SMILES string of the molecule is COC(=O)c1cc2nc(-c3ccccc3)cc(-c3ccccc3)n2n1.COc1ccc(NC(=O)c2cc(C(C)(C)C)n(-c3ccccc3)c2C)cc1.COc1cccc(NC(=O)c2cc(C(C)(C)C)n(-c3ccccc3)c2C)c1.Cc1c(C(=O)Nc2ccccc2)cc(C(C)(C)C)n1-c1ccccc1. The number of benzene rings is 8. The fourth-order valence-corrected chi connectivity index (χ4v) is 12.1. The molecule has 530 valence electrons. The number of hydrogen-bond acceptors (Lipinski definition) is 9. The number of carbonyl (C=O) groups excluding carboxylic acids is 4. The van der Waals surface area contributed by atoms with Gasteiger partial charge in [-0.3, -0.25) is 14.4 Å². The van der Waals surface area contributed by atoms with Gasteiger partial charge in [-0.05, 0) is 130 Å². The van der Waals surface area contributed by atoms with Gasteiger partial charge in [0.25, 0.3) is 17.7 Å². The molecule has 0 aliphatic rings. The van der Waals surface area contributed by atoms with Crippen LogP contribution in [0.4, 0.5) is 17.1 Å². The van der Waals surface area contributed by atoms with Crippen molar-refractivity contribution in [2.45, 2.75) is 99.3 Å². The summed E-state index contributed by atoms with van der Waals surface area (Å²) in [4.78, 5) is 55.3. The first-order valence-electron chi connectivity index (χ1n) is 34.5. The first-order chi connectivity index (χ1) is 49.8. The number of anilines is 3. The van der Waals surface area contributed by atoms with Gasteiger partial charge < -0.3 is 43.9 Å². The van der Waals surface area contributed by atoms with Crippen molar-refractivity contribution in [1.29, 1.82) is 0 Å². The second-order valence-corrected chi connectivity index (χ2v) is 28.1. The zero-order valence-electron chi connectivity index (χ0n) is 61.9. The zero-order valence-corrected chi connectivity index (χ0v) is 61.9. The molecule has 13 rings (SSSR count). The van der Waals surface area contributed by atoms with Gasteiger partial charge >= 0.3 is 5.97 Å². The maximum Gasteiger partial charge on any atom is 0.358 e. The Balaban J connectivity index is 0.000000149. The first kappa shape index (κ1) is 74.4. The minimum absolute atomic E-state index is 0.0775. The normalized spacial score (nSPS) is 11.2. The molecule has 3 N–H and O–H groups in total. The lowest BCUT2D eigenvalue weighted by Crippen LogP contribution is -2.17. The lowest BCUT2D eigenvalue weighted by atomic mass is 9.91. The second kappa shape index (κ2) is 32.6. The van der Waals surface area contributed by atoms with Gasteiger partial charge in [0.15, 0.2) is 11.3 Å². The van der Waals surface area contributed by atoms with Crippen molar-refractivity contribution in [1.82, 2.24) is 28.3 Å². The van der Waals surface area contributed by atoms with Crippen LogP contribution < -0.4 is 25.4 Å². The van der Waals surface area contributed by atoms with E-state index >= 15 is 0 Å². The van der Waals surface area contributed by atoms with Crippen molar-refractivity contribution in [2.24, 2.45) is 0 Å². The van der Waals surface area contributed by atoms with E-state index in [-0.39, 0.29) is 39.7 Å². The largest absolute Gasteiger partial charge is 0.497 e. The minimum Gasteiger partial charge on any atom is -0.497 e. The van der Waals surface area contributed by atoms with E-state index in [0.717, 1.165) is 90.9 Å². The van der Waals surface area contributed by atoms with E-state index < -0.39 is 5.97 Å². The molecule has 16 nitrogen and oxygen atoms in total. The van der Waals surface area contributed by atoms with Gasteiger partial charge in [0, 0.05) is 108 Å². The van der Waals surface area contributed by atoms with Crippen LogP contribution in [-0.4, -0.2) is 73.3 Å². The molecule has 0 aliphatic carbocycles. The van der Waals surface area contributed by atoms with Crippen molar-refractivity contribution >= 4 is 46.4 Å². The Bertz CT molecular complexity index is 5080. The van der Waals surface area contributed by atoms with Gasteiger partial charge in [-0.2, -0.15) is 5.10 Å². The summed E-state index contributed by atoms with van der Waals surface area (Å²) in [6.07, 6.45) is 0. The molecule has 0 aliphatic heterocycles. The molecule has 0 saturated carbocycles. The van der Waals surface area contributed by atoms with Crippen LogP contribution in [0.25, 0.3) is 45.2 Å². The number of aromatic nitrogens is 6. The Labute approximate surface area is 610 Å². The van der Waals surface area contributed by atoms with Crippen molar-refractivity contribution in [3.8, 4) is 51.1 Å². The molecule has 8 aromatic carbocycles. The van der Waals surface area contributed by atoms with Gasteiger partial charge in [-0.15, -0.1) is 0 Å². The highest BCUT2D eigenvalue weighted by Crippen LogP contribution is 2.36. The minimum atomic E-state index is -0.481. The molecule has 0 atom stereocenters. The number of nitrogens with one attached hydrogen (secondary N) is 3. The number of carbonyl (C=O) groups is 4. The molecule has 0 bridgehead atoms. The average Bonchev–Trinajstić information content (AvgIpc) is 1.64. The summed E-state index contributed by atoms with van der Waals surface area (Å²) in [6.45, 7) is 25.4. The number of ether oxygens (including phenoxy) is 3. The van der Waals surface area contributed by atoms with Gasteiger partial charge in [0.2, 0.25) is 0 Å². The Morgan fingerprint density at radius 1 is 0.365 bits per heavy atom. The number of nitrogens with zero attached hydrogens (tertiary/aromatic N) is 6. The van der Waals surface area contributed by atoms with Crippen LogP contribution in [0.3, 0.4) is 0 Å². The highest BCUT2D eigenvalue weighted by Gasteiger charge is 2.29. The molecule has 5 aromatic heterocycles. The third-order valence-electron chi connectivity index (χ3n) is 17.5. The Morgan fingerprint density at radius 2 is 0.721 bits per heavy atom. The summed E-state index contributed by atoms with van der Waals surface area (Å²) in [5.74, 6) is 0.671. The third kappa shape index (κ3) is 17.7. The highest BCUT2D eigenvalue weighted by atomic mass is 16.5. The molecule has 13 aromatic rings. The predicted molar refractivity (Wildman–Crippen MR) is 419 cm³/mol. The predicted octanol–water partition coefficient (Wildman–Crippen LogP) is 19.9. The van der Waals surface area contributed by atoms with Crippen LogP contribution in [0.15, 0.2) is 261 Å². The van der Waals surface area contributed by atoms with Crippen molar-refractivity contribution in [3.05, 3.63) is 317 Å². The monoisotopic (exact) mass is 1390 g/mol. The molecule has 16 heteroatoms. The quantitative estimate of drug-likeness (QED) is 0.0894. The van der Waals surface area contributed by atoms with Crippen LogP contribution >= 0.6 is 0 Å². The fraction of sp³-hybridized carbons (Fsp3) is 0.205. The zero-order chi connectivity index (χ0) is 74.5. The van der Waals surface area contributed by atoms with Gasteiger partial charge in [0.05, 0.1) is 49.4 Å².